The molecule has 32 heavy (non-hydrogen) atoms. The molecule has 0 fully saturated rings. The molecule has 164 valence electrons. The number of carbonyl (C=O) groups is 1. The molecule has 1 N–H and O–H groups in total. The van der Waals surface area contributed by atoms with Crippen LogP contribution in [0, 0.1) is 12.7 Å². The Kier molecular flexibility index (Phi) is 6.89. The molecule has 1 heterocycles. The topological polar surface area (TPSA) is 38.3 Å². The molecular formula is C26H23ClFNO2S. The van der Waals surface area contributed by atoms with E-state index < -0.39 is 5.82 Å². The number of ether oxygens (including phenoxy) is 1. The summed E-state index contributed by atoms with van der Waals surface area (Å²) in [4.78, 5) is 13.8. The standard InChI is InChI=1S/C26H23ClFNO2S/c1-3-29-13-12-17-5-8-19(9-6-17)31-25-21-10-4-16(2)14-23(21)32-26(25)24(30)20-11-7-18(28)15-22(20)27/h4-11,14-15,29H,3,12-13H2,1-2H3. The van der Waals surface area contributed by atoms with Crippen LogP contribution in [0.5, 0.6) is 11.5 Å². The third kappa shape index (κ3) is 4.85. The van der Waals surface area contributed by atoms with Gasteiger partial charge in [-0.2, -0.15) is 0 Å². The van der Waals surface area contributed by atoms with Crippen LogP contribution in [0.3, 0.4) is 0 Å². The summed E-state index contributed by atoms with van der Waals surface area (Å²) in [5.41, 5.74) is 2.55. The second-order valence-electron chi connectivity index (χ2n) is 7.56. The fraction of sp³-hybridized carbons (Fsp3) is 0.192. The van der Waals surface area contributed by atoms with E-state index in [4.69, 9.17) is 16.3 Å². The summed E-state index contributed by atoms with van der Waals surface area (Å²) in [5, 5.41) is 4.26. The first-order valence-electron chi connectivity index (χ1n) is 10.5. The number of carbonyl (C=O) groups excluding carboxylic acids is 1. The number of benzene rings is 3. The Balaban J connectivity index is 1.71. The van der Waals surface area contributed by atoms with Gasteiger partial charge in [-0.1, -0.05) is 36.7 Å². The molecule has 0 aliphatic heterocycles. The van der Waals surface area contributed by atoms with Gasteiger partial charge in [0.15, 0.2) is 5.75 Å². The maximum atomic E-state index is 13.5. The Labute approximate surface area is 195 Å². The van der Waals surface area contributed by atoms with Crippen LogP contribution in [0.15, 0.2) is 60.7 Å². The van der Waals surface area contributed by atoms with E-state index in [1.165, 1.54) is 29.0 Å². The van der Waals surface area contributed by atoms with Gasteiger partial charge >= 0.3 is 0 Å². The second-order valence-corrected chi connectivity index (χ2v) is 9.02. The molecule has 3 nitrogen and oxygen atoms in total. The third-order valence-electron chi connectivity index (χ3n) is 5.17. The lowest BCUT2D eigenvalue weighted by atomic mass is 10.1. The van der Waals surface area contributed by atoms with Crippen molar-refractivity contribution in [2.75, 3.05) is 13.1 Å². The minimum absolute atomic E-state index is 0.0830. The van der Waals surface area contributed by atoms with E-state index in [0.717, 1.165) is 41.2 Å². The van der Waals surface area contributed by atoms with Gasteiger partial charge in [0.25, 0.3) is 0 Å². The molecule has 0 saturated heterocycles. The highest BCUT2D eigenvalue weighted by Gasteiger charge is 2.24. The Morgan fingerprint density at radius 1 is 1.09 bits per heavy atom. The van der Waals surface area contributed by atoms with E-state index in [1.54, 1.807) is 0 Å². The fourth-order valence-corrected chi connectivity index (χ4v) is 4.91. The molecule has 0 aliphatic carbocycles. The van der Waals surface area contributed by atoms with Crippen LogP contribution >= 0.6 is 22.9 Å². The zero-order valence-corrected chi connectivity index (χ0v) is 19.4. The SMILES string of the molecule is CCNCCc1ccc(Oc2c(C(=O)c3ccc(F)cc3Cl)sc3cc(C)ccc23)cc1. The lowest BCUT2D eigenvalue weighted by Crippen LogP contribution is -2.15. The second kappa shape index (κ2) is 9.82. The van der Waals surface area contributed by atoms with Gasteiger partial charge in [-0.05, 0) is 80.0 Å². The van der Waals surface area contributed by atoms with Crippen LogP contribution in [0.25, 0.3) is 10.1 Å². The lowest BCUT2D eigenvalue weighted by molar-refractivity contribution is 0.104. The smallest absolute Gasteiger partial charge is 0.208 e. The van der Waals surface area contributed by atoms with Crippen LogP contribution in [0.1, 0.15) is 33.3 Å². The Morgan fingerprint density at radius 3 is 2.59 bits per heavy atom. The summed E-state index contributed by atoms with van der Waals surface area (Å²) < 4.78 is 20.7. The van der Waals surface area contributed by atoms with Gasteiger partial charge in [0, 0.05) is 15.6 Å². The minimum Gasteiger partial charge on any atom is -0.455 e. The van der Waals surface area contributed by atoms with Crippen LogP contribution < -0.4 is 10.1 Å². The zero-order valence-electron chi connectivity index (χ0n) is 17.9. The number of rotatable bonds is 8. The average molecular weight is 468 g/mol. The van der Waals surface area contributed by atoms with Crippen LogP contribution in [0.4, 0.5) is 4.39 Å². The van der Waals surface area contributed by atoms with E-state index in [2.05, 4.69) is 12.2 Å². The van der Waals surface area contributed by atoms with Crippen molar-refractivity contribution in [2.45, 2.75) is 20.3 Å². The van der Waals surface area contributed by atoms with Gasteiger partial charge in [-0.25, -0.2) is 4.39 Å². The molecule has 0 unspecified atom stereocenters. The first kappa shape index (κ1) is 22.5. The number of halogens is 2. The quantitative estimate of drug-likeness (QED) is 0.220. The Hall–Kier alpha value is -2.73. The molecule has 4 aromatic rings. The van der Waals surface area contributed by atoms with Crippen LogP contribution in [0.2, 0.25) is 5.02 Å². The first-order chi connectivity index (χ1) is 15.5. The molecule has 0 amide bonds. The number of fused-ring (bicyclic) bond motifs is 1. The Morgan fingerprint density at radius 2 is 1.88 bits per heavy atom. The van der Waals surface area contributed by atoms with Crippen molar-refractivity contribution < 1.29 is 13.9 Å². The van der Waals surface area contributed by atoms with Crippen molar-refractivity contribution in [3.63, 3.8) is 0 Å². The molecule has 0 atom stereocenters. The van der Waals surface area contributed by atoms with Crippen molar-refractivity contribution in [3.05, 3.63) is 93.1 Å². The molecular weight excluding hydrogens is 445 g/mol. The summed E-state index contributed by atoms with van der Waals surface area (Å²) in [6, 6.07) is 17.7. The highest BCUT2D eigenvalue weighted by molar-refractivity contribution is 7.21. The van der Waals surface area contributed by atoms with Gasteiger partial charge in [-0.15, -0.1) is 11.3 Å². The molecule has 4 rings (SSSR count). The predicted molar refractivity (Wildman–Crippen MR) is 130 cm³/mol. The largest absolute Gasteiger partial charge is 0.455 e. The van der Waals surface area contributed by atoms with Crippen molar-refractivity contribution in [1.82, 2.24) is 5.32 Å². The monoisotopic (exact) mass is 467 g/mol. The summed E-state index contributed by atoms with van der Waals surface area (Å²) in [6.07, 6.45) is 0.932. The van der Waals surface area contributed by atoms with Crippen LogP contribution in [-0.2, 0) is 6.42 Å². The van der Waals surface area contributed by atoms with E-state index >= 15 is 0 Å². The molecule has 0 saturated carbocycles. The number of hydrogen-bond acceptors (Lipinski definition) is 4. The minimum atomic E-state index is -0.482. The van der Waals surface area contributed by atoms with Crippen LogP contribution in [-0.4, -0.2) is 18.9 Å². The molecule has 6 heteroatoms. The summed E-state index contributed by atoms with van der Waals surface area (Å²) in [6.45, 7) is 5.95. The maximum absolute atomic E-state index is 13.5. The molecule has 0 bridgehead atoms. The molecule has 0 spiro atoms. The fourth-order valence-electron chi connectivity index (χ4n) is 3.48. The number of likely N-dealkylation sites (N-methyl/N-ethyl adjacent to an activating group) is 1. The van der Waals surface area contributed by atoms with Crippen molar-refractivity contribution in [3.8, 4) is 11.5 Å². The summed E-state index contributed by atoms with van der Waals surface area (Å²) in [5.74, 6) is 0.378. The van der Waals surface area contributed by atoms with Crippen molar-refractivity contribution in [1.29, 1.82) is 0 Å². The van der Waals surface area contributed by atoms with E-state index in [1.807, 2.05) is 49.4 Å². The van der Waals surface area contributed by atoms with Gasteiger partial charge in [0.2, 0.25) is 5.78 Å². The molecule has 0 radical (unpaired) electrons. The summed E-state index contributed by atoms with van der Waals surface area (Å²) >= 11 is 7.53. The number of ketones is 1. The normalized spacial score (nSPS) is 11.1. The van der Waals surface area contributed by atoms with Gasteiger partial charge in [0.05, 0.1) is 5.02 Å². The zero-order chi connectivity index (χ0) is 22.7. The van der Waals surface area contributed by atoms with E-state index in [0.29, 0.717) is 16.4 Å². The van der Waals surface area contributed by atoms with Crippen molar-refractivity contribution >= 4 is 38.8 Å². The first-order valence-corrected chi connectivity index (χ1v) is 11.7. The van der Waals surface area contributed by atoms with E-state index in [9.17, 15) is 9.18 Å². The van der Waals surface area contributed by atoms with Crippen molar-refractivity contribution in [2.24, 2.45) is 0 Å². The molecule has 3 aromatic carbocycles. The average Bonchev–Trinajstić information content (AvgIpc) is 3.12. The predicted octanol–water partition coefficient (Wildman–Crippen LogP) is 7.18. The Bertz CT molecular complexity index is 1270. The highest BCUT2D eigenvalue weighted by atomic mass is 35.5. The number of aryl methyl sites for hydroxylation is 1. The lowest BCUT2D eigenvalue weighted by Gasteiger charge is -2.09. The number of nitrogens with one attached hydrogen (secondary N) is 1. The summed E-state index contributed by atoms with van der Waals surface area (Å²) in [7, 11) is 0. The van der Waals surface area contributed by atoms with E-state index in [-0.39, 0.29) is 16.4 Å². The number of thiophene rings is 1. The molecule has 0 aliphatic rings. The van der Waals surface area contributed by atoms with Gasteiger partial charge in [-0.3, -0.25) is 4.79 Å². The van der Waals surface area contributed by atoms with Gasteiger partial charge < -0.3 is 10.1 Å². The maximum Gasteiger partial charge on any atom is 0.208 e. The number of hydrogen-bond donors (Lipinski definition) is 1. The highest BCUT2D eigenvalue weighted by Crippen LogP contribution is 2.42. The third-order valence-corrected chi connectivity index (χ3v) is 6.61. The van der Waals surface area contributed by atoms with Gasteiger partial charge in [0.1, 0.15) is 16.4 Å². The molecule has 1 aromatic heterocycles.